The SMILES string of the molecule is Cc1cccc(C(=O)NCc2ccnc(C)n2)c1. The lowest BCUT2D eigenvalue weighted by Gasteiger charge is -2.05. The van der Waals surface area contributed by atoms with Crippen molar-refractivity contribution >= 4 is 5.91 Å². The number of rotatable bonds is 3. The van der Waals surface area contributed by atoms with Crippen LogP contribution in [-0.2, 0) is 6.54 Å². The summed E-state index contributed by atoms with van der Waals surface area (Å²) in [6, 6.07) is 9.29. The third-order valence-corrected chi connectivity index (χ3v) is 2.54. The Morgan fingerprint density at radius 3 is 2.83 bits per heavy atom. The molecule has 0 aliphatic carbocycles. The molecule has 1 heterocycles. The Bertz CT molecular complexity index is 566. The number of hydrogen-bond donors (Lipinski definition) is 1. The topological polar surface area (TPSA) is 54.9 Å². The second-order valence-electron chi connectivity index (χ2n) is 4.15. The second-order valence-corrected chi connectivity index (χ2v) is 4.15. The summed E-state index contributed by atoms with van der Waals surface area (Å²) in [4.78, 5) is 20.1. The lowest BCUT2D eigenvalue weighted by molar-refractivity contribution is 0.0950. The van der Waals surface area contributed by atoms with Crippen molar-refractivity contribution < 1.29 is 4.79 Å². The van der Waals surface area contributed by atoms with Crippen LogP contribution in [0.2, 0.25) is 0 Å². The third kappa shape index (κ3) is 3.13. The molecule has 4 heteroatoms. The van der Waals surface area contributed by atoms with Gasteiger partial charge in [0.1, 0.15) is 5.82 Å². The van der Waals surface area contributed by atoms with Gasteiger partial charge in [0.2, 0.25) is 0 Å². The molecule has 0 fully saturated rings. The van der Waals surface area contributed by atoms with Gasteiger partial charge in [-0.3, -0.25) is 4.79 Å². The summed E-state index contributed by atoms with van der Waals surface area (Å²) >= 11 is 0. The summed E-state index contributed by atoms with van der Waals surface area (Å²) in [6.45, 7) is 4.20. The first-order chi connectivity index (χ1) is 8.65. The molecule has 0 bridgehead atoms. The average Bonchev–Trinajstić information content (AvgIpc) is 2.36. The van der Waals surface area contributed by atoms with Crippen molar-refractivity contribution in [3.05, 3.63) is 59.2 Å². The fourth-order valence-electron chi connectivity index (χ4n) is 1.66. The normalized spacial score (nSPS) is 10.1. The zero-order valence-corrected chi connectivity index (χ0v) is 10.5. The largest absolute Gasteiger partial charge is 0.346 e. The van der Waals surface area contributed by atoms with Gasteiger partial charge in [-0.2, -0.15) is 0 Å². The van der Waals surface area contributed by atoms with Crippen LogP contribution in [0.1, 0.15) is 27.4 Å². The van der Waals surface area contributed by atoms with Gasteiger partial charge in [0, 0.05) is 11.8 Å². The van der Waals surface area contributed by atoms with E-state index in [0.717, 1.165) is 11.3 Å². The molecule has 1 amide bonds. The quantitative estimate of drug-likeness (QED) is 0.894. The van der Waals surface area contributed by atoms with Gasteiger partial charge < -0.3 is 5.32 Å². The van der Waals surface area contributed by atoms with Crippen LogP contribution >= 0.6 is 0 Å². The van der Waals surface area contributed by atoms with Crippen LogP contribution in [0.5, 0.6) is 0 Å². The van der Waals surface area contributed by atoms with Crippen LogP contribution in [0.25, 0.3) is 0 Å². The van der Waals surface area contributed by atoms with Crippen LogP contribution < -0.4 is 5.32 Å². The standard InChI is InChI=1S/C14H15N3O/c1-10-4-3-5-12(8-10)14(18)16-9-13-6-7-15-11(2)17-13/h3-8H,9H2,1-2H3,(H,16,18). The zero-order chi connectivity index (χ0) is 13.0. The smallest absolute Gasteiger partial charge is 0.251 e. The number of benzene rings is 1. The molecule has 0 radical (unpaired) electrons. The number of aryl methyl sites for hydroxylation is 2. The predicted octanol–water partition coefficient (Wildman–Crippen LogP) is 2.02. The minimum absolute atomic E-state index is 0.0880. The summed E-state index contributed by atoms with van der Waals surface area (Å²) in [5.74, 6) is 0.618. The molecule has 2 rings (SSSR count). The van der Waals surface area contributed by atoms with Crippen LogP contribution in [-0.4, -0.2) is 15.9 Å². The molecule has 2 aromatic rings. The highest BCUT2D eigenvalue weighted by Crippen LogP contribution is 2.04. The number of hydrogen-bond acceptors (Lipinski definition) is 3. The maximum atomic E-state index is 11.9. The van der Waals surface area contributed by atoms with E-state index in [-0.39, 0.29) is 5.91 Å². The molecule has 1 aromatic carbocycles. The number of carbonyl (C=O) groups is 1. The molecule has 0 unspecified atom stereocenters. The molecule has 92 valence electrons. The van der Waals surface area contributed by atoms with Gasteiger partial charge >= 0.3 is 0 Å². The van der Waals surface area contributed by atoms with E-state index in [1.54, 1.807) is 18.3 Å². The van der Waals surface area contributed by atoms with Gasteiger partial charge in [0.15, 0.2) is 0 Å². The first-order valence-electron chi connectivity index (χ1n) is 5.78. The summed E-state index contributed by atoms with van der Waals surface area (Å²) in [7, 11) is 0. The monoisotopic (exact) mass is 241 g/mol. The summed E-state index contributed by atoms with van der Waals surface area (Å²) in [6.07, 6.45) is 1.69. The molecular formula is C14H15N3O. The molecule has 0 spiro atoms. The Morgan fingerprint density at radius 1 is 1.28 bits per heavy atom. The van der Waals surface area contributed by atoms with E-state index in [1.807, 2.05) is 32.0 Å². The number of aromatic nitrogens is 2. The maximum absolute atomic E-state index is 11.9. The Labute approximate surface area is 106 Å². The van der Waals surface area contributed by atoms with E-state index in [4.69, 9.17) is 0 Å². The summed E-state index contributed by atoms with van der Waals surface area (Å²) in [5.41, 5.74) is 2.55. The van der Waals surface area contributed by atoms with E-state index in [2.05, 4.69) is 15.3 Å². The van der Waals surface area contributed by atoms with Crippen molar-refractivity contribution in [3.63, 3.8) is 0 Å². The minimum Gasteiger partial charge on any atom is -0.346 e. The highest BCUT2D eigenvalue weighted by Gasteiger charge is 2.05. The molecule has 0 aliphatic rings. The molecule has 18 heavy (non-hydrogen) atoms. The van der Waals surface area contributed by atoms with E-state index in [9.17, 15) is 4.79 Å². The minimum atomic E-state index is -0.0880. The Hall–Kier alpha value is -2.23. The maximum Gasteiger partial charge on any atom is 0.251 e. The fourth-order valence-corrected chi connectivity index (χ4v) is 1.66. The molecule has 0 saturated heterocycles. The van der Waals surface area contributed by atoms with Gasteiger partial charge in [0.25, 0.3) is 5.91 Å². The fraction of sp³-hybridized carbons (Fsp3) is 0.214. The van der Waals surface area contributed by atoms with E-state index < -0.39 is 0 Å². The van der Waals surface area contributed by atoms with E-state index in [0.29, 0.717) is 17.9 Å². The van der Waals surface area contributed by atoms with Gasteiger partial charge in [-0.05, 0) is 32.0 Å². The van der Waals surface area contributed by atoms with Gasteiger partial charge in [-0.15, -0.1) is 0 Å². The molecule has 1 aromatic heterocycles. The van der Waals surface area contributed by atoms with Crippen molar-refractivity contribution in [2.75, 3.05) is 0 Å². The summed E-state index contributed by atoms with van der Waals surface area (Å²) in [5, 5.41) is 2.84. The van der Waals surface area contributed by atoms with Gasteiger partial charge in [-0.25, -0.2) is 9.97 Å². The second kappa shape index (κ2) is 5.40. The van der Waals surface area contributed by atoms with Crippen molar-refractivity contribution in [2.45, 2.75) is 20.4 Å². The summed E-state index contributed by atoms with van der Waals surface area (Å²) < 4.78 is 0. The Balaban J connectivity index is 2.00. The first kappa shape index (κ1) is 12.2. The third-order valence-electron chi connectivity index (χ3n) is 2.54. The Morgan fingerprint density at radius 2 is 2.11 bits per heavy atom. The molecule has 0 aliphatic heterocycles. The lowest BCUT2D eigenvalue weighted by atomic mass is 10.1. The highest BCUT2D eigenvalue weighted by atomic mass is 16.1. The highest BCUT2D eigenvalue weighted by molar-refractivity contribution is 5.94. The van der Waals surface area contributed by atoms with Crippen molar-refractivity contribution in [1.82, 2.24) is 15.3 Å². The molecule has 0 atom stereocenters. The first-order valence-corrected chi connectivity index (χ1v) is 5.78. The molecule has 0 saturated carbocycles. The van der Waals surface area contributed by atoms with Crippen molar-refractivity contribution in [3.8, 4) is 0 Å². The molecular weight excluding hydrogens is 226 g/mol. The van der Waals surface area contributed by atoms with Crippen LogP contribution in [0.3, 0.4) is 0 Å². The molecule has 1 N–H and O–H groups in total. The van der Waals surface area contributed by atoms with Gasteiger partial charge in [-0.1, -0.05) is 17.7 Å². The van der Waals surface area contributed by atoms with Crippen LogP contribution in [0, 0.1) is 13.8 Å². The van der Waals surface area contributed by atoms with Crippen molar-refractivity contribution in [1.29, 1.82) is 0 Å². The number of carbonyl (C=O) groups excluding carboxylic acids is 1. The van der Waals surface area contributed by atoms with E-state index >= 15 is 0 Å². The number of nitrogens with one attached hydrogen (secondary N) is 1. The van der Waals surface area contributed by atoms with Crippen molar-refractivity contribution in [2.24, 2.45) is 0 Å². The molecule has 4 nitrogen and oxygen atoms in total. The van der Waals surface area contributed by atoms with Crippen LogP contribution in [0.15, 0.2) is 36.5 Å². The number of amides is 1. The Kier molecular flexibility index (Phi) is 3.67. The number of nitrogens with zero attached hydrogens (tertiary/aromatic N) is 2. The lowest BCUT2D eigenvalue weighted by Crippen LogP contribution is -2.23. The zero-order valence-electron chi connectivity index (χ0n) is 10.5. The van der Waals surface area contributed by atoms with Crippen LogP contribution in [0.4, 0.5) is 0 Å². The predicted molar refractivity (Wildman–Crippen MR) is 69.1 cm³/mol. The van der Waals surface area contributed by atoms with E-state index in [1.165, 1.54) is 0 Å². The van der Waals surface area contributed by atoms with Gasteiger partial charge in [0.05, 0.1) is 12.2 Å². The average molecular weight is 241 g/mol.